The van der Waals surface area contributed by atoms with Gasteiger partial charge in [-0.05, 0) is 50.3 Å². The highest BCUT2D eigenvalue weighted by atomic mass is 35.5. The number of halogens is 1. The fourth-order valence-corrected chi connectivity index (χ4v) is 2.58. The number of carbonyl (C=O) groups excluding carboxylic acids is 1. The number of nitrogens with one attached hydrogen (secondary N) is 2. The summed E-state index contributed by atoms with van der Waals surface area (Å²) in [7, 11) is 0. The van der Waals surface area contributed by atoms with Gasteiger partial charge in [-0.3, -0.25) is 4.79 Å². The topological polar surface area (TPSA) is 53.5 Å². The minimum Gasteiger partial charge on any atom is -0.375 e. The third-order valence-electron chi connectivity index (χ3n) is 3.93. The Morgan fingerprint density at radius 1 is 1.43 bits per heavy atom. The molecule has 0 radical (unpaired) electrons. The van der Waals surface area contributed by atoms with Crippen LogP contribution in [0.5, 0.6) is 0 Å². The monoisotopic (exact) mass is 331 g/mol. The fraction of sp³-hybridized carbons (Fsp3) is 0.333. The first kappa shape index (κ1) is 17.3. The number of nitrogens with zero attached hydrogens (tertiary/aromatic N) is 1. The summed E-state index contributed by atoms with van der Waals surface area (Å²) in [6.45, 7) is 8.18. The Morgan fingerprint density at radius 3 is 2.87 bits per heavy atom. The van der Waals surface area contributed by atoms with E-state index in [0.717, 1.165) is 35.4 Å². The van der Waals surface area contributed by atoms with Crippen molar-refractivity contribution >= 4 is 28.9 Å². The molecule has 23 heavy (non-hydrogen) atoms. The zero-order valence-corrected chi connectivity index (χ0v) is 14.3. The predicted octanol–water partition coefficient (Wildman–Crippen LogP) is 4.16. The Balaban J connectivity index is 1.90. The van der Waals surface area contributed by atoms with Crippen LogP contribution in [0.25, 0.3) is 0 Å². The van der Waals surface area contributed by atoms with Crippen molar-refractivity contribution in [1.29, 1.82) is 0 Å². The van der Waals surface area contributed by atoms with Gasteiger partial charge in [-0.15, -0.1) is 0 Å². The number of para-hydroxylation sites is 1. The number of allylic oxidation sites excluding steroid dienone is 3. The number of hydrazone groups is 1. The van der Waals surface area contributed by atoms with Crippen LogP contribution >= 0.6 is 11.6 Å². The van der Waals surface area contributed by atoms with Gasteiger partial charge in [-0.1, -0.05) is 42.0 Å². The number of hydrogen-bond acceptors (Lipinski definition) is 3. The fourth-order valence-electron chi connectivity index (χ4n) is 2.37. The molecule has 1 aliphatic rings. The molecule has 0 saturated carbocycles. The molecule has 0 bridgehead atoms. The van der Waals surface area contributed by atoms with Gasteiger partial charge in [-0.2, -0.15) is 5.10 Å². The molecule has 2 N–H and O–H groups in total. The first-order valence-corrected chi connectivity index (χ1v) is 8.01. The Labute approximate surface area is 142 Å². The Morgan fingerprint density at radius 2 is 2.17 bits per heavy atom. The summed E-state index contributed by atoms with van der Waals surface area (Å²) in [6, 6.07) is 7.30. The number of hydrogen-bond donors (Lipinski definition) is 2. The highest BCUT2D eigenvalue weighted by Gasteiger charge is 2.18. The van der Waals surface area contributed by atoms with E-state index >= 15 is 0 Å². The zero-order valence-electron chi connectivity index (χ0n) is 13.5. The summed E-state index contributed by atoms with van der Waals surface area (Å²) in [6.07, 6.45) is 3.95. The zero-order chi connectivity index (χ0) is 16.8. The average molecular weight is 332 g/mol. The summed E-state index contributed by atoms with van der Waals surface area (Å²) in [5.41, 5.74) is 6.51. The van der Waals surface area contributed by atoms with Gasteiger partial charge < -0.3 is 5.32 Å². The lowest BCUT2D eigenvalue weighted by molar-refractivity contribution is -0.119. The molecule has 0 unspecified atom stereocenters. The summed E-state index contributed by atoms with van der Waals surface area (Å²) in [5, 5.41) is 7.85. The number of benzene rings is 1. The van der Waals surface area contributed by atoms with E-state index in [-0.39, 0.29) is 12.5 Å². The maximum absolute atomic E-state index is 11.9. The Kier molecular flexibility index (Phi) is 5.99. The smallest absolute Gasteiger partial charge is 0.259 e. The van der Waals surface area contributed by atoms with Gasteiger partial charge in [0.05, 0.1) is 23.0 Å². The van der Waals surface area contributed by atoms with E-state index in [1.54, 1.807) is 6.07 Å². The number of anilines is 1. The SMILES string of the molecule is C=C(C)[C@H]1CC=C(C)C(=NNC(=O)CNc2ccccc2Cl)C1. The summed E-state index contributed by atoms with van der Waals surface area (Å²) in [5.74, 6) is 0.193. The van der Waals surface area contributed by atoms with Gasteiger partial charge in [0.15, 0.2) is 0 Å². The normalized spacial score (nSPS) is 19.2. The van der Waals surface area contributed by atoms with Gasteiger partial charge >= 0.3 is 0 Å². The summed E-state index contributed by atoms with van der Waals surface area (Å²) in [4.78, 5) is 11.9. The van der Waals surface area contributed by atoms with E-state index in [1.807, 2.05) is 32.0 Å². The molecular weight excluding hydrogens is 310 g/mol. The average Bonchev–Trinajstić information content (AvgIpc) is 2.53. The third-order valence-corrected chi connectivity index (χ3v) is 4.26. The summed E-state index contributed by atoms with van der Waals surface area (Å²) < 4.78 is 0. The van der Waals surface area contributed by atoms with Crippen LogP contribution in [-0.4, -0.2) is 18.2 Å². The molecule has 0 heterocycles. The van der Waals surface area contributed by atoms with Crippen LogP contribution in [0, 0.1) is 5.92 Å². The molecule has 4 nitrogen and oxygen atoms in total. The largest absolute Gasteiger partial charge is 0.375 e. The maximum Gasteiger partial charge on any atom is 0.259 e. The van der Waals surface area contributed by atoms with Crippen LogP contribution in [-0.2, 0) is 4.79 Å². The molecule has 1 atom stereocenters. The molecule has 0 saturated heterocycles. The van der Waals surface area contributed by atoms with Crippen LogP contribution in [0.3, 0.4) is 0 Å². The Bertz CT molecular complexity index is 664. The quantitative estimate of drug-likeness (QED) is 0.629. The lowest BCUT2D eigenvalue weighted by atomic mass is 9.85. The second-order valence-electron chi connectivity index (χ2n) is 5.80. The van der Waals surface area contributed by atoms with Gasteiger partial charge in [-0.25, -0.2) is 5.43 Å². The van der Waals surface area contributed by atoms with Gasteiger partial charge in [0.2, 0.25) is 0 Å². The van der Waals surface area contributed by atoms with Crippen molar-refractivity contribution < 1.29 is 4.79 Å². The molecule has 0 fully saturated rings. The van der Waals surface area contributed by atoms with Crippen molar-refractivity contribution in [2.45, 2.75) is 26.7 Å². The van der Waals surface area contributed by atoms with E-state index < -0.39 is 0 Å². The first-order chi connectivity index (χ1) is 11.0. The molecule has 1 aromatic rings. The molecule has 0 aromatic heterocycles. The first-order valence-electron chi connectivity index (χ1n) is 7.63. The lowest BCUT2D eigenvalue weighted by Crippen LogP contribution is -2.28. The number of rotatable bonds is 5. The van der Waals surface area contributed by atoms with Crippen molar-refractivity contribution in [2.24, 2.45) is 11.0 Å². The lowest BCUT2D eigenvalue weighted by Gasteiger charge is -2.22. The molecular formula is C18H22ClN3O. The molecule has 2 rings (SSSR count). The van der Waals surface area contributed by atoms with Crippen LogP contribution in [0.15, 0.2) is 53.2 Å². The van der Waals surface area contributed by atoms with Gasteiger partial charge in [0.25, 0.3) is 5.91 Å². The summed E-state index contributed by atoms with van der Waals surface area (Å²) >= 11 is 6.03. The standard InChI is InChI=1S/C18H22ClN3O/c1-12(2)14-9-8-13(3)17(10-14)21-22-18(23)11-20-16-7-5-4-6-15(16)19/h4-8,14,20H,1,9-11H2,2-3H3,(H,22,23)/t14-/m0/s1. The van der Waals surface area contributed by atoms with E-state index in [1.165, 1.54) is 0 Å². The molecule has 1 aromatic carbocycles. The minimum absolute atomic E-state index is 0.118. The van der Waals surface area contributed by atoms with Crippen molar-refractivity contribution in [3.05, 3.63) is 53.1 Å². The molecule has 5 heteroatoms. The third kappa shape index (κ3) is 4.96. The van der Waals surface area contributed by atoms with Crippen molar-refractivity contribution in [1.82, 2.24) is 5.43 Å². The molecule has 122 valence electrons. The number of amides is 1. The van der Waals surface area contributed by atoms with Crippen molar-refractivity contribution in [2.75, 3.05) is 11.9 Å². The van der Waals surface area contributed by atoms with Crippen LogP contribution in [0.2, 0.25) is 5.02 Å². The van der Waals surface area contributed by atoms with E-state index in [2.05, 4.69) is 28.5 Å². The van der Waals surface area contributed by atoms with E-state index in [9.17, 15) is 4.79 Å². The second kappa shape index (κ2) is 7.97. The van der Waals surface area contributed by atoms with E-state index in [4.69, 9.17) is 11.6 Å². The molecule has 1 amide bonds. The second-order valence-corrected chi connectivity index (χ2v) is 6.20. The van der Waals surface area contributed by atoms with Crippen molar-refractivity contribution in [3.63, 3.8) is 0 Å². The van der Waals surface area contributed by atoms with Crippen LogP contribution in [0.1, 0.15) is 26.7 Å². The van der Waals surface area contributed by atoms with Crippen LogP contribution in [0.4, 0.5) is 5.69 Å². The van der Waals surface area contributed by atoms with Gasteiger partial charge in [0, 0.05) is 0 Å². The minimum atomic E-state index is -0.206. The van der Waals surface area contributed by atoms with Crippen LogP contribution < -0.4 is 10.7 Å². The molecule has 0 spiro atoms. The molecule has 0 aliphatic heterocycles. The highest BCUT2D eigenvalue weighted by molar-refractivity contribution is 6.33. The predicted molar refractivity (Wildman–Crippen MR) is 96.8 cm³/mol. The van der Waals surface area contributed by atoms with E-state index in [0.29, 0.717) is 10.9 Å². The van der Waals surface area contributed by atoms with Crippen molar-refractivity contribution in [3.8, 4) is 0 Å². The molecule has 1 aliphatic carbocycles. The van der Waals surface area contributed by atoms with Gasteiger partial charge in [0.1, 0.15) is 0 Å². The number of carbonyl (C=O) groups is 1. The Hall–Kier alpha value is -2.07. The maximum atomic E-state index is 11.9. The highest BCUT2D eigenvalue weighted by Crippen LogP contribution is 2.26.